The number of nitrogens with one attached hydrogen (secondary N) is 1. The second-order valence-corrected chi connectivity index (χ2v) is 6.15. The molecule has 2 rings (SSSR count). The summed E-state index contributed by atoms with van der Waals surface area (Å²) < 4.78 is 5.74. The highest BCUT2D eigenvalue weighted by Gasteiger charge is 2.14. The van der Waals surface area contributed by atoms with E-state index in [0.29, 0.717) is 11.4 Å². The van der Waals surface area contributed by atoms with Crippen molar-refractivity contribution in [2.24, 2.45) is 0 Å². The van der Waals surface area contributed by atoms with Gasteiger partial charge in [-0.15, -0.1) is 0 Å². The van der Waals surface area contributed by atoms with Crippen molar-refractivity contribution in [3.05, 3.63) is 54.1 Å². The quantitative estimate of drug-likeness (QED) is 0.657. The number of amides is 2. The first-order valence-corrected chi connectivity index (χ1v) is 8.33. The Labute approximate surface area is 158 Å². The van der Waals surface area contributed by atoms with E-state index in [0.717, 1.165) is 11.3 Å². The molecule has 0 aliphatic carbocycles. The highest BCUT2D eigenvalue weighted by Crippen LogP contribution is 2.21. The van der Waals surface area contributed by atoms with Crippen LogP contribution in [0.15, 0.2) is 48.5 Å². The van der Waals surface area contributed by atoms with Gasteiger partial charge in [-0.05, 0) is 43.4 Å². The molecule has 0 spiro atoms. The van der Waals surface area contributed by atoms with Crippen molar-refractivity contribution in [2.75, 3.05) is 30.9 Å². The van der Waals surface area contributed by atoms with Gasteiger partial charge in [-0.1, -0.05) is 23.8 Å². The summed E-state index contributed by atoms with van der Waals surface area (Å²) in [5, 5.41) is 12.0. The molecule has 0 aliphatic rings. The number of anilines is 2. The van der Waals surface area contributed by atoms with E-state index in [1.54, 1.807) is 43.3 Å². The van der Waals surface area contributed by atoms with Crippen LogP contribution >= 0.6 is 12.2 Å². The zero-order valence-electron chi connectivity index (χ0n) is 14.9. The summed E-state index contributed by atoms with van der Waals surface area (Å²) in [6.45, 7) is 2.06. The molecule has 2 aromatic carbocycles. The number of carbonyl (C=O) groups excluding carboxylic acids is 1. The van der Waals surface area contributed by atoms with Crippen LogP contribution in [0.25, 0.3) is 0 Å². The Morgan fingerprint density at radius 1 is 1.23 bits per heavy atom. The van der Waals surface area contributed by atoms with E-state index in [1.165, 1.54) is 4.90 Å². The molecule has 0 fully saturated rings. The number of thiocarbonyl (C=S) groups is 1. The third-order valence-electron chi connectivity index (χ3n) is 3.49. The molecule has 2 amide bonds. The van der Waals surface area contributed by atoms with E-state index in [-0.39, 0.29) is 17.8 Å². The van der Waals surface area contributed by atoms with Gasteiger partial charge >= 0.3 is 6.03 Å². The molecule has 0 aromatic heterocycles. The topological polar surface area (TPSA) is 68.6 Å². The zero-order chi connectivity index (χ0) is 19.1. The first-order chi connectivity index (χ1) is 12.4. The fourth-order valence-corrected chi connectivity index (χ4v) is 2.35. The number of hydrogen-bond donors (Lipinski definition) is 1. The number of nitriles is 1. The van der Waals surface area contributed by atoms with E-state index in [1.807, 2.05) is 31.2 Å². The van der Waals surface area contributed by atoms with Crippen LogP contribution in [-0.4, -0.2) is 36.7 Å². The van der Waals surface area contributed by atoms with Crippen molar-refractivity contribution >= 4 is 34.8 Å². The van der Waals surface area contributed by atoms with Gasteiger partial charge in [-0.3, -0.25) is 4.90 Å². The smallest absolute Gasteiger partial charge is 0.321 e. The van der Waals surface area contributed by atoms with Crippen LogP contribution in [0.1, 0.15) is 5.56 Å². The number of aryl methyl sites for hydroxylation is 1. The van der Waals surface area contributed by atoms with Gasteiger partial charge in [0.2, 0.25) is 0 Å². The molecule has 0 aliphatic heterocycles. The maximum absolute atomic E-state index is 11.8. The third kappa shape index (κ3) is 5.19. The summed E-state index contributed by atoms with van der Waals surface area (Å²) in [5.41, 5.74) is 2.48. The molecule has 0 radical (unpaired) electrons. The van der Waals surface area contributed by atoms with Crippen molar-refractivity contribution in [1.29, 1.82) is 5.26 Å². The highest BCUT2D eigenvalue weighted by molar-refractivity contribution is 7.80. The van der Waals surface area contributed by atoms with Gasteiger partial charge < -0.3 is 15.0 Å². The van der Waals surface area contributed by atoms with E-state index in [9.17, 15) is 4.79 Å². The SMILES string of the molecule is Cc1ccc(N(CC#N)C(=S)Oc2cccc(NC(=O)N(C)C)c2)cc1. The molecular formula is C19H20N4O2S. The maximum Gasteiger partial charge on any atom is 0.321 e. The number of carbonyl (C=O) groups is 1. The van der Waals surface area contributed by atoms with Crippen LogP contribution < -0.4 is 15.0 Å². The third-order valence-corrected chi connectivity index (χ3v) is 3.80. The van der Waals surface area contributed by atoms with Crippen LogP contribution in [0.2, 0.25) is 0 Å². The van der Waals surface area contributed by atoms with Gasteiger partial charge in [0.15, 0.2) is 0 Å². The normalized spacial score (nSPS) is 9.77. The second-order valence-electron chi connectivity index (χ2n) is 5.80. The Bertz CT molecular complexity index is 828. The van der Waals surface area contributed by atoms with E-state index >= 15 is 0 Å². The molecule has 0 bridgehead atoms. The molecule has 0 heterocycles. The first kappa shape index (κ1) is 19.2. The Hall–Kier alpha value is -3.11. The van der Waals surface area contributed by atoms with E-state index < -0.39 is 0 Å². The predicted octanol–water partition coefficient (Wildman–Crippen LogP) is 3.78. The lowest BCUT2D eigenvalue weighted by molar-refractivity contribution is 0.230. The molecule has 0 saturated heterocycles. The molecule has 7 heteroatoms. The number of nitrogens with zero attached hydrogens (tertiary/aromatic N) is 3. The minimum absolute atomic E-state index is 0.0684. The van der Waals surface area contributed by atoms with Gasteiger partial charge in [0.05, 0.1) is 6.07 Å². The van der Waals surface area contributed by atoms with Gasteiger partial charge in [0.1, 0.15) is 12.3 Å². The minimum atomic E-state index is -0.240. The van der Waals surface area contributed by atoms with Crippen molar-refractivity contribution in [3.63, 3.8) is 0 Å². The average Bonchev–Trinajstić information content (AvgIpc) is 2.60. The Morgan fingerprint density at radius 3 is 2.54 bits per heavy atom. The van der Waals surface area contributed by atoms with Crippen LogP contribution in [0.4, 0.5) is 16.2 Å². The van der Waals surface area contributed by atoms with Crippen molar-refractivity contribution in [3.8, 4) is 11.8 Å². The highest BCUT2D eigenvalue weighted by atomic mass is 32.1. The van der Waals surface area contributed by atoms with E-state index in [4.69, 9.17) is 22.2 Å². The molecule has 2 aromatic rings. The fourth-order valence-electron chi connectivity index (χ4n) is 2.09. The lowest BCUT2D eigenvalue weighted by atomic mass is 10.2. The number of hydrogen-bond acceptors (Lipinski definition) is 4. The summed E-state index contributed by atoms with van der Waals surface area (Å²) in [4.78, 5) is 14.8. The monoisotopic (exact) mass is 368 g/mol. The largest absolute Gasteiger partial charge is 0.431 e. The van der Waals surface area contributed by atoms with Crippen molar-refractivity contribution in [2.45, 2.75) is 6.92 Å². The minimum Gasteiger partial charge on any atom is -0.431 e. The second kappa shape index (κ2) is 8.83. The van der Waals surface area contributed by atoms with Gasteiger partial charge in [0.25, 0.3) is 5.17 Å². The lowest BCUT2D eigenvalue weighted by Crippen LogP contribution is -2.33. The average molecular weight is 368 g/mol. The Balaban J connectivity index is 2.15. The van der Waals surface area contributed by atoms with Gasteiger partial charge in [-0.25, -0.2) is 4.79 Å². The number of benzene rings is 2. The maximum atomic E-state index is 11.8. The van der Waals surface area contributed by atoms with Crippen molar-refractivity contribution < 1.29 is 9.53 Å². The van der Waals surface area contributed by atoms with Crippen LogP contribution in [0, 0.1) is 18.3 Å². The molecule has 134 valence electrons. The lowest BCUT2D eigenvalue weighted by Gasteiger charge is -2.22. The summed E-state index contributed by atoms with van der Waals surface area (Å²) in [6, 6.07) is 16.4. The van der Waals surface area contributed by atoms with Gasteiger partial charge in [0, 0.05) is 31.5 Å². The van der Waals surface area contributed by atoms with E-state index in [2.05, 4.69) is 11.4 Å². The summed E-state index contributed by atoms with van der Waals surface area (Å²) in [7, 11) is 3.32. The fraction of sp³-hybridized carbons (Fsp3) is 0.211. The Morgan fingerprint density at radius 2 is 1.92 bits per heavy atom. The predicted molar refractivity (Wildman–Crippen MR) is 107 cm³/mol. The molecule has 0 unspecified atom stereocenters. The summed E-state index contributed by atoms with van der Waals surface area (Å²) in [5.74, 6) is 0.474. The summed E-state index contributed by atoms with van der Waals surface area (Å²) in [6.07, 6.45) is 0. The zero-order valence-corrected chi connectivity index (χ0v) is 15.7. The molecule has 0 saturated carbocycles. The molecule has 26 heavy (non-hydrogen) atoms. The first-order valence-electron chi connectivity index (χ1n) is 7.92. The number of rotatable bonds is 4. The standard InChI is InChI=1S/C19H20N4O2S/c1-14-7-9-16(10-8-14)23(12-11-20)19(26)25-17-6-4-5-15(13-17)21-18(24)22(2)3/h4-10,13H,12H2,1-3H3,(H,21,24). The molecule has 1 N–H and O–H groups in total. The van der Waals surface area contributed by atoms with Crippen LogP contribution in [0.3, 0.4) is 0 Å². The van der Waals surface area contributed by atoms with Gasteiger partial charge in [-0.2, -0.15) is 5.26 Å². The summed E-state index contributed by atoms with van der Waals surface area (Å²) >= 11 is 5.37. The Kier molecular flexibility index (Phi) is 6.53. The number of urea groups is 1. The van der Waals surface area contributed by atoms with Crippen LogP contribution in [0.5, 0.6) is 5.75 Å². The van der Waals surface area contributed by atoms with Crippen LogP contribution in [-0.2, 0) is 0 Å². The molecule has 6 nitrogen and oxygen atoms in total. The molecular weight excluding hydrogens is 348 g/mol. The number of ether oxygens (including phenoxy) is 1. The van der Waals surface area contributed by atoms with Crippen molar-refractivity contribution in [1.82, 2.24) is 4.90 Å². The molecule has 0 atom stereocenters.